The molecule has 2 N–H and O–H groups in total. The van der Waals surface area contributed by atoms with E-state index in [9.17, 15) is 0 Å². The number of hydrogen-bond donors (Lipinski definition) is 2. The van der Waals surface area contributed by atoms with Crippen molar-refractivity contribution in [1.82, 2.24) is 4.90 Å². The van der Waals surface area contributed by atoms with E-state index in [0.29, 0.717) is 0 Å². The van der Waals surface area contributed by atoms with E-state index in [0.717, 1.165) is 25.4 Å². The summed E-state index contributed by atoms with van der Waals surface area (Å²) in [4.78, 5) is 2.19. The predicted octanol–water partition coefficient (Wildman–Crippen LogP) is 0.438. The van der Waals surface area contributed by atoms with Gasteiger partial charge in [0.05, 0.1) is 7.11 Å². The van der Waals surface area contributed by atoms with E-state index in [2.05, 4.69) is 4.90 Å². The average Bonchev–Trinajstić information content (AvgIpc) is 2.23. The zero-order valence-corrected chi connectivity index (χ0v) is 9.34. The lowest BCUT2D eigenvalue weighted by Crippen LogP contribution is -2.51. The fourth-order valence-electron chi connectivity index (χ4n) is 1.92. The molecule has 4 nitrogen and oxygen atoms in total. The van der Waals surface area contributed by atoms with Crippen molar-refractivity contribution in [1.29, 1.82) is 0 Å². The molecule has 1 aliphatic heterocycles. The van der Waals surface area contributed by atoms with Crippen LogP contribution in [0.2, 0.25) is 0 Å². The van der Waals surface area contributed by atoms with E-state index in [1.165, 1.54) is 5.56 Å². The van der Waals surface area contributed by atoms with Crippen molar-refractivity contribution in [3.8, 4) is 5.75 Å². The lowest BCUT2D eigenvalue weighted by Gasteiger charge is -2.40. The Hall–Kier alpha value is -1.10. The number of rotatable bonds is 4. The van der Waals surface area contributed by atoms with Gasteiger partial charge >= 0.3 is 0 Å². The molecule has 1 aliphatic rings. The van der Waals surface area contributed by atoms with Gasteiger partial charge in [0.15, 0.2) is 6.29 Å². The standard InChI is InChI=1S/C12H17NO3/c1-16-11-4-2-9(3-5-11)6-13-7-10(8-13)12(14)15/h2-5,10,12,14-15H,6-8H2,1H3. The SMILES string of the molecule is COc1ccc(CN2CC(C(O)O)C2)cc1. The predicted molar refractivity (Wildman–Crippen MR) is 60.0 cm³/mol. The second kappa shape index (κ2) is 4.82. The molecule has 1 heterocycles. The van der Waals surface area contributed by atoms with Gasteiger partial charge in [0.25, 0.3) is 0 Å². The summed E-state index contributed by atoms with van der Waals surface area (Å²) in [5, 5.41) is 17.9. The maximum Gasteiger partial charge on any atom is 0.156 e. The Bertz CT molecular complexity index is 331. The summed E-state index contributed by atoms with van der Waals surface area (Å²) in [7, 11) is 1.65. The summed E-state index contributed by atoms with van der Waals surface area (Å²) >= 11 is 0. The Labute approximate surface area is 95.1 Å². The summed E-state index contributed by atoms with van der Waals surface area (Å²) < 4.78 is 5.08. The molecule has 1 aromatic carbocycles. The second-order valence-electron chi connectivity index (χ2n) is 4.22. The third-order valence-corrected chi connectivity index (χ3v) is 2.97. The molecule has 16 heavy (non-hydrogen) atoms. The minimum absolute atomic E-state index is 0.0123. The molecule has 1 fully saturated rings. The van der Waals surface area contributed by atoms with Crippen LogP contribution in [0.3, 0.4) is 0 Å². The third kappa shape index (κ3) is 2.52. The van der Waals surface area contributed by atoms with Crippen molar-refractivity contribution < 1.29 is 14.9 Å². The molecular weight excluding hydrogens is 206 g/mol. The largest absolute Gasteiger partial charge is 0.497 e. The molecule has 0 atom stereocenters. The highest BCUT2D eigenvalue weighted by molar-refractivity contribution is 5.27. The van der Waals surface area contributed by atoms with Crippen molar-refractivity contribution in [2.45, 2.75) is 12.8 Å². The minimum Gasteiger partial charge on any atom is -0.497 e. The summed E-state index contributed by atoms with van der Waals surface area (Å²) in [6.45, 7) is 2.36. The normalized spacial score (nSPS) is 17.5. The first-order valence-electron chi connectivity index (χ1n) is 5.40. The smallest absolute Gasteiger partial charge is 0.156 e. The van der Waals surface area contributed by atoms with Crippen LogP contribution < -0.4 is 4.74 Å². The molecule has 0 bridgehead atoms. The number of ether oxygens (including phenoxy) is 1. The Morgan fingerprint density at radius 2 is 1.94 bits per heavy atom. The molecule has 1 aromatic rings. The molecule has 0 aliphatic carbocycles. The number of aliphatic hydroxyl groups is 2. The highest BCUT2D eigenvalue weighted by atomic mass is 16.5. The zero-order chi connectivity index (χ0) is 11.5. The Morgan fingerprint density at radius 3 is 2.44 bits per heavy atom. The fourth-order valence-corrected chi connectivity index (χ4v) is 1.92. The van der Waals surface area contributed by atoms with E-state index < -0.39 is 6.29 Å². The number of benzene rings is 1. The van der Waals surface area contributed by atoms with Crippen LogP contribution in [0, 0.1) is 5.92 Å². The summed E-state index contributed by atoms with van der Waals surface area (Å²) in [6, 6.07) is 7.93. The van der Waals surface area contributed by atoms with Crippen molar-refractivity contribution in [3.05, 3.63) is 29.8 Å². The van der Waals surface area contributed by atoms with Gasteiger partial charge in [-0.15, -0.1) is 0 Å². The molecule has 0 unspecified atom stereocenters. The number of aliphatic hydroxyl groups excluding tert-OH is 1. The van der Waals surface area contributed by atoms with Gasteiger partial charge in [-0.25, -0.2) is 0 Å². The van der Waals surface area contributed by atoms with E-state index >= 15 is 0 Å². The van der Waals surface area contributed by atoms with Crippen LogP contribution in [0.4, 0.5) is 0 Å². The topological polar surface area (TPSA) is 52.9 Å². The maximum absolute atomic E-state index is 8.94. The summed E-state index contributed by atoms with van der Waals surface area (Å²) in [5.74, 6) is 0.870. The number of hydrogen-bond acceptors (Lipinski definition) is 4. The summed E-state index contributed by atoms with van der Waals surface area (Å²) in [5.41, 5.74) is 1.21. The first-order chi connectivity index (χ1) is 7.69. The quantitative estimate of drug-likeness (QED) is 0.727. The van der Waals surface area contributed by atoms with Gasteiger partial charge in [-0.2, -0.15) is 0 Å². The highest BCUT2D eigenvalue weighted by Gasteiger charge is 2.31. The van der Waals surface area contributed by atoms with Crippen LogP contribution in [0.15, 0.2) is 24.3 Å². The van der Waals surface area contributed by atoms with Gasteiger partial charge in [0, 0.05) is 25.6 Å². The van der Waals surface area contributed by atoms with E-state index in [1.807, 2.05) is 24.3 Å². The molecule has 4 heteroatoms. The number of nitrogens with zero attached hydrogens (tertiary/aromatic N) is 1. The lowest BCUT2D eigenvalue weighted by molar-refractivity contribution is -0.130. The molecule has 88 valence electrons. The number of methoxy groups -OCH3 is 1. The first kappa shape index (κ1) is 11.4. The number of likely N-dealkylation sites (tertiary alicyclic amines) is 1. The van der Waals surface area contributed by atoms with Crippen molar-refractivity contribution in [3.63, 3.8) is 0 Å². The van der Waals surface area contributed by atoms with Gasteiger partial charge in [-0.3, -0.25) is 4.90 Å². The molecule has 0 saturated carbocycles. The summed E-state index contributed by atoms with van der Waals surface area (Å²) in [6.07, 6.45) is -1.17. The van der Waals surface area contributed by atoms with Crippen molar-refractivity contribution >= 4 is 0 Å². The van der Waals surface area contributed by atoms with E-state index in [1.54, 1.807) is 7.11 Å². The second-order valence-corrected chi connectivity index (χ2v) is 4.22. The Morgan fingerprint density at radius 1 is 1.31 bits per heavy atom. The first-order valence-corrected chi connectivity index (χ1v) is 5.40. The van der Waals surface area contributed by atoms with Gasteiger partial charge in [-0.1, -0.05) is 12.1 Å². The maximum atomic E-state index is 8.94. The molecule has 0 spiro atoms. The van der Waals surface area contributed by atoms with Crippen LogP contribution in [0.1, 0.15) is 5.56 Å². The van der Waals surface area contributed by atoms with E-state index in [4.69, 9.17) is 14.9 Å². The average molecular weight is 223 g/mol. The fraction of sp³-hybridized carbons (Fsp3) is 0.500. The Balaban J connectivity index is 1.82. The molecule has 0 radical (unpaired) electrons. The minimum atomic E-state index is -1.17. The lowest BCUT2D eigenvalue weighted by atomic mass is 9.99. The Kier molecular flexibility index (Phi) is 3.43. The van der Waals surface area contributed by atoms with Crippen LogP contribution >= 0.6 is 0 Å². The molecular formula is C12H17NO3. The van der Waals surface area contributed by atoms with Crippen LogP contribution in [0.25, 0.3) is 0 Å². The van der Waals surface area contributed by atoms with Crippen LogP contribution in [-0.2, 0) is 6.54 Å². The van der Waals surface area contributed by atoms with Crippen molar-refractivity contribution in [2.75, 3.05) is 20.2 Å². The van der Waals surface area contributed by atoms with Crippen molar-refractivity contribution in [2.24, 2.45) is 5.92 Å². The molecule has 0 aromatic heterocycles. The van der Waals surface area contributed by atoms with Crippen LogP contribution in [0.5, 0.6) is 5.75 Å². The van der Waals surface area contributed by atoms with Gasteiger partial charge < -0.3 is 14.9 Å². The van der Waals surface area contributed by atoms with Crippen LogP contribution in [-0.4, -0.2) is 41.6 Å². The third-order valence-electron chi connectivity index (χ3n) is 2.97. The van der Waals surface area contributed by atoms with Gasteiger partial charge in [0.1, 0.15) is 5.75 Å². The zero-order valence-electron chi connectivity index (χ0n) is 9.34. The van der Waals surface area contributed by atoms with E-state index in [-0.39, 0.29) is 5.92 Å². The highest BCUT2D eigenvalue weighted by Crippen LogP contribution is 2.21. The van der Waals surface area contributed by atoms with Gasteiger partial charge in [0.2, 0.25) is 0 Å². The monoisotopic (exact) mass is 223 g/mol. The molecule has 1 saturated heterocycles. The van der Waals surface area contributed by atoms with Gasteiger partial charge in [-0.05, 0) is 17.7 Å². The molecule has 0 amide bonds. The molecule has 2 rings (SSSR count).